The molecule has 2 aromatic carbocycles. The molecule has 0 aromatic heterocycles. The fraction of sp³-hybridized carbons (Fsp3) is 0.278. The molecule has 0 spiro atoms. The van der Waals surface area contributed by atoms with Crippen LogP contribution >= 0.6 is 0 Å². The number of nitrogens with two attached hydrogens (primary N) is 1. The van der Waals surface area contributed by atoms with E-state index in [1.807, 2.05) is 18.2 Å². The Bertz CT molecular complexity index is 968. The number of carbonyl (C=O) groups is 1. The summed E-state index contributed by atoms with van der Waals surface area (Å²) in [6, 6.07) is 12.7. The third kappa shape index (κ3) is 4.15. The van der Waals surface area contributed by atoms with Crippen LogP contribution in [-0.2, 0) is 10.0 Å². The number of Topliss-reactive ketones (excluding diaryl/α,β-unsaturated/α-hetero) is 1. The Balaban J connectivity index is 1.80. The molecule has 0 unspecified atom stereocenters. The van der Waals surface area contributed by atoms with Gasteiger partial charge in [0, 0.05) is 36.7 Å². The Morgan fingerprint density at radius 2 is 1.74 bits per heavy atom. The molecule has 0 saturated carbocycles. The van der Waals surface area contributed by atoms with Gasteiger partial charge in [-0.25, -0.2) is 13.6 Å². The highest BCUT2D eigenvalue weighted by molar-refractivity contribution is 7.89. The van der Waals surface area contributed by atoms with Crippen LogP contribution in [0.25, 0.3) is 0 Å². The summed E-state index contributed by atoms with van der Waals surface area (Å²) in [6.07, 6.45) is 1.13. The number of non-ortho nitro benzene ring substituents is 1. The Morgan fingerprint density at radius 3 is 2.30 bits per heavy atom. The van der Waals surface area contributed by atoms with Crippen molar-refractivity contribution in [3.8, 4) is 0 Å². The van der Waals surface area contributed by atoms with Crippen molar-refractivity contribution in [3.05, 3.63) is 64.2 Å². The number of nitrogens with zero attached hydrogens (tertiary/aromatic N) is 2. The van der Waals surface area contributed by atoms with E-state index >= 15 is 0 Å². The number of hydrogen-bond donors (Lipinski definition) is 1. The number of benzene rings is 2. The van der Waals surface area contributed by atoms with Crippen molar-refractivity contribution in [2.45, 2.75) is 17.7 Å². The Kier molecular flexibility index (Phi) is 5.24. The van der Waals surface area contributed by atoms with Crippen molar-refractivity contribution in [3.63, 3.8) is 0 Å². The van der Waals surface area contributed by atoms with Crippen molar-refractivity contribution in [1.82, 2.24) is 0 Å². The third-order valence-corrected chi connectivity index (χ3v) is 5.67. The SMILES string of the molecule is NS(=O)(=O)c1cc([N+](=O)[O-])ccc1N1CCC(C(=O)c2ccccc2)CC1. The number of rotatable bonds is 5. The van der Waals surface area contributed by atoms with E-state index in [0.29, 0.717) is 37.2 Å². The van der Waals surface area contributed by atoms with E-state index in [1.54, 1.807) is 17.0 Å². The summed E-state index contributed by atoms with van der Waals surface area (Å²) in [5, 5.41) is 16.2. The largest absolute Gasteiger partial charge is 0.370 e. The first-order valence-electron chi connectivity index (χ1n) is 8.43. The third-order valence-electron chi connectivity index (χ3n) is 4.73. The molecule has 2 N–H and O–H groups in total. The van der Waals surface area contributed by atoms with Crippen molar-refractivity contribution in [1.29, 1.82) is 0 Å². The topological polar surface area (TPSA) is 124 Å². The summed E-state index contributed by atoms with van der Waals surface area (Å²) < 4.78 is 23.8. The van der Waals surface area contributed by atoms with Crippen LogP contribution in [0.1, 0.15) is 23.2 Å². The van der Waals surface area contributed by atoms with E-state index in [4.69, 9.17) is 5.14 Å². The minimum Gasteiger partial charge on any atom is -0.370 e. The molecule has 0 amide bonds. The molecule has 0 bridgehead atoms. The lowest BCUT2D eigenvalue weighted by molar-refractivity contribution is -0.385. The molecule has 3 rings (SSSR count). The minimum atomic E-state index is -4.12. The first-order chi connectivity index (χ1) is 12.8. The molecule has 2 aromatic rings. The van der Waals surface area contributed by atoms with Gasteiger partial charge in [-0.15, -0.1) is 0 Å². The highest BCUT2D eigenvalue weighted by Crippen LogP contribution is 2.32. The molecule has 8 nitrogen and oxygen atoms in total. The minimum absolute atomic E-state index is 0.0746. The van der Waals surface area contributed by atoms with Gasteiger partial charge in [0.2, 0.25) is 10.0 Å². The van der Waals surface area contributed by atoms with Crippen molar-refractivity contribution >= 4 is 27.2 Å². The molecule has 1 saturated heterocycles. The number of nitro groups is 1. The van der Waals surface area contributed by atoms with E-state index in [2.05, 4.69) is 0 Å². The number of piperidine rings is 1. The number of hydrogen-bond acceptors (Lipinski definition) is 6. The first-order valence-corrected chi connectivity index (χ1v) is 9.97. The van der Waals surface area contributed by atoms with Gasteiger partial charge in [-0.05, 0) is 18.9 Å². The van der Waals surface area contributed by atoms with E-state index in [1.165, 1.54) is 12.1 Å². The average molecular weight is 389 g/mol. The van der Waals surface area contributed by atoms with Crippen LogP contribution in [0.15, 0.2) is 53.4 Å². The molecule has 1 heterocycles. The second-order valence-corrected chi connectivity index (χ2v) is 7.98. The van der Waals surface area contributed by atoms with Crippen LogP contribution in [0.2, 0.25) is 0 Å². The molecular formula is C18H19N3O5S. The standard InChI is InChI=1S/C18H19N3O5S/c19-27(25,26)17-12-15(21(23)24)6-7-16(17)20-10-8-14(9-11-20)18(22)13-4-2-1-3-5-13/h1-7,12,14H,8-11H2,(H2,19,25,26). The zero-order chi connectivity index (χ0) is 19.6. The fourth-order valence-corrected chi connectivity index (χ4v) is 4.10. The highest BCUT2D eigenvalue weighted by Gasteiger charge is 2.29. The van der Waals surface area contributed by atoms with Crippen LogP contribution in [0, 0.1) is 16.0 Å². The summed E-state index contributed by atoms with van der Waals surface area (Å²) in [7, 11) is -4.12. The molecular weight excluding hydrogens is 370 g/mol. The van der Waals surface area contributed by atoms with Crippen LogP contribution < -0.4 is 10.0 Å². The molecule has 1 fully saturated rings. The van der Waals surface area contributed by atoms with Gasteiger partial charge in [-0.3, -0.25) is 14.9 Å². The van der Waals surface area contributed by atoms with Gasteiger partial charge in [-0.2, -0.15) is 0 Å². The van der Waals surface area contributed by atoms with E-state index in [0.717, 1.165) is 6.07 Å². The molecule has 0 atom stereocenters. The normalized spacial score (nSPS) is 15.5. The maximum atomic E-state index is 12.6. The lowest BCUT2D eigenvalue weighted by Crippen LogP contribution is -2.37. The molecule has 0 radical (unpaired) electrons. The number of nitro benzene ring substituents is 1. The molecule has 0 aliphatic carbocycles. The predicted molar refractivity (Wildman–Crippen MR) is 100 cm³/mol. The van der Waals surface area contributed by atoms with Gasteiger partial charge in [0.15, 0.2) is 5.78 Å². The zero-order valence-corrected chi connectivity index (χ0v) is 15.3. The van der Waals surface area contributed by atoms with Gasteiger partial charge < -0.3 is 4.90 Å². The monoisotopic (exact) mass is 389 g/mol. The van der Waals surface area contributed by atoms with Gasteiger partial charge in [0.05, 0.1) is 10.6 Å². The van der Waals surface area contributed by atoms with Crippen molar-refractivity contribution in [2.75, 3.05) is 18.0 Å². The maximum Gasteiger partial charge on any atom is 0.270 e. The van der Waals surface area contributed by atoms with Crippen LogP contribution in [0.3, 0.4) is 0 Å². The Morgan fingerprint density at radius 1 is 1.11 bits per heavy atom. The summed E-state index contributed by atoms with van der Waals surface area (Å²) in [5.74, 6) is -0.0646. The Labute approximate surface area is 156 Å². The summed E-state index contributed by atoms with van der Waals surface area (Å²) in [5.41, 5.74) is 0.655. The lowest BCUT2D eigenvalue weighted by atomic mass is 9.88. The summed E-state index contributed by atoms with van der Waals surface area (Å²) in [4.78, 5) is 24.4. The Hall–Kier alpha value is -2.78. The van der Waals surface area contributed by atoms with Gasteiger partial charge >= 0.3 is 0 Å². The first kappa shape index (κ1) is 19.0. The summed E-state index contributed by atoms with van der Waals surface area (Å²) in [6.45, 7) is 0.924. The van der Waals surface area contributed by atoms with Crippen molar-refractivity contribution in [2.24, 2.45) is 11.1 Å². The quantitative estimate of drug-likeness (QED) is 0.475. The molecule has 1 aliphatic heterocycles. The lowest BCUT2D eigenvalue weighted by Gasteiger charge is -2.33. The molecule has 9 heteroatoms. The number of carbonyl (C=O) groups excluding carboxylic acids is 1. The number of anilines is 1. The number of sulfonamides is 1. The maximum absolute atomic E-state index is 12.6. The molecule has 1 aliphatic rings. The smallest absolute Gasteiger partial charge is 0.270 e. The highest BCUT2D eigenvalue weighted by atomic mass is 32.2. The molecule has 142 valence electrons. The van der Waals surface area contributed by atoms with E-state index in [9.17, 15) is 23.3 Å². The summed E-state index contributed by atoms with van der Waals surface area (Å²) >= 11 is 0. The average Bonchev–Trinajstić information content (AvgIpc) is 2.67. The van der Waals surface area contributed by atoms with Gasteiger partial charge in [-0.1, -0.05) is 30.3 Å². The van der Waals surface area contributed by atoms with Gasteiger partial charge in [0.1, 0.15) is 4.90 Å². The zero-order valence-electron chi connectivity index (χ0n) is 14.4. The van der Waals surface area contributed by atoms with Crippen molar-refractivity contribution < 1.29 is 18.1 Å². The van der Waals surface area contributed by atoms with Crippen LogP contribution in [0.5, 0.6) is 0 Å². The second-order valence-electron chi connectivity index (χ2n) is 6.45. The second kappa shape index (κ2) is 7.45. The van der Waals surface area contributed by atoms with E-state index in [-0.39, 0.29) is 22.3 Å². The molecule has 27 heavy (non-hydrogen) atoms. The van der Waals surface area contributed by atoms with Gasteiger partial charge in [0.25, 0.3) is 5.69 Å². The van der Waals surface area contributed by atoms with Crippen LogP contribution in [0.4, 0.5) is 11.4 Å². The fourth-order valence-electron chi connectivity index (χ4n) is 3.33. The van der Waals surface area contributed by atoms with E-state index < -0.39 is 14.9 Å². The predicted octanol–water partition coefficient (Wildman–Crippen LogP) is 2.34. The number of ketones is 1. The van der Waals surface area contributed by atoms with Crippen LogP contribution in [-0.4, -0.2) is 32.2 Å². The number of primary sulfonamides is 1.